The Labute approximate surface area is 99.8 Å². The molecule has 0 amide bonds. The lowest BCUT2D eigenvalue weighted by atomic mass is 10.0. The van der Waals surface area contributed by atoms with Crippen molar-refractivity contribution in [2.45, 2.75) is 32.4 Å². The van der Waals surface area contributed by atoms with Gasteiger partial charge in [0.25, 0.3) is 0 Å². The van der Waals surface area contributed by atoms with Gasteiger partial charge >= 0.3 is 0 Å². The van der Waals surface area contributed by atoms with E-state index in [4.69, 9.17) is 5.11 Å². The Morgan fingerprint density at radius 3 is 2.40 bits per heavy atom. The molecule has 84 valence electrons. The highest BCUT2D eigenvalue weighted by Crippen LogP contribution is 2.19. The van der Waals surface area contributed by atoms with E-state index in [-0.39, 0.29) is 12.6 Å². The van der Waals surface area contributed by atoms with E-state index in [2.05, 4.69) is 40.3 Å². The normalized spacial score (nSPS) is 14.9. The van der Waals surface area contributed by atoms with E-state index in [0.29, 0.717) is 6.04 Å². The first-order valence-corrected chi connectivity index (χ1v) is 6.09. The zero-order valence-electron chi connectivity index (χ0n) is 9.20. The summed E-state index contributed by atoms with van der Waals surface area (Å²) in [5.41, 5.74) is 1.26. The molecule has 0 aliphatic rings. The Bertz CT molecular complexity index is 286. The van der Waals surface area contributed by atoms with E-state index in [1.165, 1.54) is 5.56 Å². The fraction of sp³-hybridized carbons (Fsp3) is 0.500. The average Bonchev–Trinajstić information content (AvgIpc) is 2.27. The van der Waals surface area contributed by atoms with Crippen molar-refractivity contribution in [3.8, 4) is 0 Å². The van der Waals surface area contributed by atoms with E-state index in [0.717, 1.165) is 10.9 Å². The molecule has 0 bridgehead atoms. The molecule has 0 saturated carbocycles. The van der Waals surface area contributed by atoms with Crippen molar-refractivity contribution < 1.29 is 5.11 Å². The average molecular weight is 272 g/mol. The van der Waals surface area contributed by atoms with Crippen molar-refractivity contribution in [3.05, 3.63) is 34.3 Å². The lowest BCUT2D eigenvalue weighted by molar-refractivity contribution is 0.239. The second-order valence-electron chi connectivity index (χ2n) is 3.76. The molecule has 0 aliphatic carbocycles. The summed E-state index contributed by atoms with van der Waals surface area (Å²) in [6.45, 7) is 4.30. The summed E-state index contributed by atoms with van der Waals surface area (Å²) in [6.07, 6.45) is 1.02. The van der Waals surface area contributed by atoms with Crippen molar-refractivity contribution in [3.63, 3.8) is 0 Å². The third kappa shape index (κ3) is 3.93. The summed E-state index contributed by atoms with van der Waals surface area (Å²) < 4.78 is 1.09. The first-order valence-electron chi connectivity index (χ1n) is 5.29. The molecule has 1 aromatic carbocycles. The summed E-state index contributed by atoms with van der Waals surface area (Å²) in [7, 11) is 0. The van der Waals surface area contributed by atoms with Crippen LogP contribution in [0.1, 0.15) is 31.9 Å². The van der Waals surface area contributed by atoms with Gasteiger partial charge in [0.2, 0.25) is 0 Å². The Morgan fingerprint density at radius 1 is 1.33 bits per heavy atom. The monoisotopic (exact) mass is 271 g/mol. The molecule has 2 N–H and O–H groups in total. The van der Waals surface area contributed by atoms with E-state index in [1.54, 1.807) is 0 Å². The molecule has 0 fully saturated rings. The van der Waals surface area contributed by atoms with Crippen molar-refractivity contribution >= 4 is 15.9 Å². The molecular weight excluding hydrogens is 254 g/mol. The fourth-order valence-electron chi connectivity index (χ4n) is 1.54. The maximum absolute atomic E-state index is 9.00. The molecule has 1 aromatic rings. The first-order chi connectivity index (χ1) is 7.17. The molecule has 0 spiro atoms. The fourth-order valence-corrected chi connectivity index (χ4v) is 1.81. The van der Waals surface area contributed by atoms with E-state index >= 15 is 0 Å². The van der Waals surface area contributed by atoms with Crippen LogP contribution in [0.2, 0.25) is 0 Å². The lowest BCUT2D eigenvalue weighted by Crippen LogP contribution is -2.32. The summed E-state index contributed by atoms with van der Waals surface area (Å²) in [6, 6.07) is 8.76. The van der Waals surface area contributed by atoms with Gasteiger partial charge in [-0.05, 0) is 31.0 Å². The van der Waals surface area contributed by atoms with Gasteiger partial charge in [-0.25, -0.2) is 0 Å². The highest BCUT2D eigenvalue weighted by molar-refractivity contribution is 9.10. The van der Waals surface area contributed by atoms with Gasteiger partial charge in [0.15, 0.2) is 0 Å². The molecule has 0 radical (unpaired) electrons. The largest absolute Gasteiger partial charge is 0.395 e. The number of nitrogens with one attached hydrogen (secondary N) is 1. The van der Waals surface area contributed by atoms with E-state index < -0.39 is 0 Å². The molecule has 2 nitrogen and oxygen atoms in total. The number of hydrogen-bond donors (Lipinski definition) is 2. The number of aliphatic hydroxyl groups is 1. The van der Waals surface area contributed by atoms with Gasteiger partial charge in [0.05, 0.1) is 6.61 Å². The van der Waals surface area contributed by atoms with Gasteiger partial charge in [-0.2, -0.15) is 0 Å². The Kier molecular flexibility index (Phi) is 5.29. The summed E-state index contributed by atoms with van der Waals surface area (Å²) in [5.74, 6) is 0. The molecule has 0 aliphatic heterocycles. The van der Waals surface area contributed by atoms with Crippen LogP contribution in [0, 0.1) is 0 Å². The maximum Gasteiger partial charge on any atom is 0.0582 e. The minimum Gasteiger partial charge on any atom is -0.395 e. The molecule has 3 heteroatoms. The molecule has 0 saturated heterocycles. The van der Waals surface area contributed by atoms with E-state index in [9.17, 15) is 0 Å². The van der Waals surface area contributed by atoms with Crippen LogP contribution in [-0.2, 0) is 0 Å². The topological polar surface area (TPSA) is 32.3 Å². The quantitative estimate of drug-likeness (QED) is 0.863. The smallest absolute Gasteiger partial charge is 0.0582 e. The molecule has 0 heterocycles. The molecule has 0 aromatic heterocycles. The highest BCUT2D eigenvalue weighted by Gasteiger charge is 2.11. The predicted molar refractivity (Wildman–Crippen MR) is 66.9 cm³/mol. The van der Waals surface area contributed by atoms with Crippen molar-refractivity contribution in [2.75, 3.05) is 6.61 Å². The minimum absolute atomic E-state index is 0.138. The summed E-state index contributed by atoms with van der Waals surface area (Å²) in [5, 5.41) is 12.4. The SMILES string of the molecule is CCC(N[C@@H](C)CO)c1ccc(Br)cc1. The van der Waals surface area contributed by atoms with Crippen molar-refractivity contribution in [2.24, 2.45) is 0 Å². The number of benzene rings is 1. The van der Waals surface area contributed by atoms with Gasteiger partial charge in [-0.15, -0.1) is 0 Å². The van der Waals surface area contributed by atoms with E-state index in [1.807, 2.05) is 19.1 Å². The van der Waals surface area contributed by atoms with Crippen LogP contribution in [0.4, 0.5) is 0 Å². The number of aliphatic hydroxyl groups excluding tert-OH is 1. The van der Waals surface area contributed by atoms with Crippen LogP contribution >= 0.6 is 15.9 Å². The van der Waals surface area contributed by atoms with Gasteiger partial charge in [-0.3, -0.25) is 0 Å². The Morgan fingerprint density at radius 2 is 1.93 bits per heavy atom. The highest BCUT2D eigenvalue weighted by atomic mass is 79.9. The third-order valence-electron chi connectivity index (χ3n) is 2.44. The molecular formula is C12H18BrNO. The van der Waals surface area contributed by atoms with Crippen LogP contribution < -0.4 is 5.32 Å². The van der Waals surface area contributed by atoms with Gasteiger partial charge in [-0.1, -0.05) is 35.0 Å². The summed E-state index contributed by atoms with van der Waals surface area (Å²) >= 11 is 3.42. The standard InChI is InChI=1S/C12H18BrNO/c1-3-12(14-9(2)8-15)10-4-6-11(13)7-5-10/h4-7,9,12,14-15H,3,8H2,1-2H3/t9-,12?/m0/s1. The molecule has 1 rings (SSSR count). The maximum atomic E-state index is 9.00. The van der Waals surface area contributed by atoms with Crippen LogP contribution in [0.3, 0.4) is 0 Å². The molecule has 2 atom stereocenters. The second-order valence-corrected chi connectivity index (χ2v) is 4.68. The second kappa shape index (κ2) is 6.26. The molecule has 15 heavy (non-hydrogen) atoms. The zero-order valence-corrected chi connectivity index (χ0v) is 10.8. The number of hydrogen-bond acceptors (Lipinski definition) is 2. The Hall–Kier alpha value is -0.380. The number of halogens is 1. The van der Waals surface area contributed by atoms with Gasteiger partial charge in [0, 0.05) is 16.6 Å². The summed E-state index contributed by atoms with van der Waals surface area (Å²) in [4.78, 5) is 0. The van der Waals surface area contributed by atoms with Gasteiger partial charge < -0.3 is 10.4 Å². The van der Waals surface area contributed by atoms with Gasteiger partial charge in [0.1, 0.15) is 0 Å². The lowest BCUT2D eigenvalue weighted by Gasteiger charge is -2.21. The van der Waals surface area contributed by atoms with Crippen LogP contribution in [0.25, 0.3) is 0 Å². The predicted octanol–water partition coefficient (Wildman–Crippen LogP) is 2.87. The first kappa shape index (κ1) is 12.7. The van der Waals surface area contributed by atoms with Crippen molar-refractivity contribution in [1.29, 1.82) is 0 Å². The van der Waals surface area contributed by atoms with Crippen LogP contribution in [0.5, 0.6) is 0 Å². The van der Waals surface area contributed by atoms with Crippen LogP contribution in [0.15, 0.2) is 28.7 Å². The number of rotatable bonds is 5. The van der Waals surface area contributed by atoms with Crippen molar-refractivity contribution in [1.82, 2.24) is 5.32 Å². The third-order valence-corrected chi connectivity index (χ3v) is 2.97. The zero-order chi connectivity index (χ0) is 11.3. The molecule has 1 unspecified atom stereocenters. The Balaban J connectivity index is 2.69. The minimum atomic E-state index is 0.138. The van der Waals surface area contributed by atoms with Crippen LogP contribution in [-0.4, -0.2) is 17.8 Å².